The molecule has 1 aliphatic heterocycles. The molecule has 0 saturated carbocycles. The first-order valence-electron chi connectivity index (χ1n) is 5.19. The second-order valence-corrected chi connectivity index (χ2v) is 3.98. The molecule has 0 bridgehead atoms. The summed E-state index contributed by atoms with van der Waals surface area (Å²) < 4.78 is 5.40. The summed E-state index contributed by atoms with van der Waals surface area (Å²) in [5.41, 5.74) is 1.20. The molecule has 3 nitrogen and oxygen atoms in total. The lowest BCUT2D eigenvalue weighted by molar-refractivity contribution is 0.146. The number of hydrogen-bond acceptors (Lipinski definition) is 3. The van der Waals surface area contributed by atoms with Gasteiger partial charge in [-0.05, 0) is 37.9 Å². The Morgan fingerprint density at radius 1 is 1.64 bits per heavy atom. The van der Waals surface area contributed by atoms with Crippen molar-refractivity contribution in [3.8, 4) is 0 Å². The van der Waals surface area contributed by atoms with E-state index in [0.717, 1.165) is 25.3 Å². The maximum Gasteiger partial charge on any atom is 0.120 e. The molecule has 0 radical (unpaired) electrons. The lowest BCUT2D eigenvalue weighted by atomic mass is 10.2. The number of aliphatic hydroxyl groups is 1. The summed E-state index contributed by atoms with van der Waals surface area (Å²) in [5, 5.41) is 9.16. The molecule has 1 N–H and O–H groups in total. The molecule has 1 aromatic rings. The first kappa shape index (κ1) is 9.74. The fraction of sp³-hybridized carbons (Fsp3) is 0.636. The highest BCUT2D eigenvalue weighted by molar-refractivity contribution is 5.14. The van der Waals surface area contributed by atoms with Crippen LogP contribution in [0.3, 0.4) is 0 Å². The zero-order valence-corrected chi connectivity index (χ0v) is 8.57. The van der Waals surface area contributed by atoms with Crippen molar-refractivity contribution in [2.24, 2.45) is 0 Å². The number of aliphatic hydroxyl groups excluding tert-OH is 1. The maximum absolute atomic E-state index is 9.16. The minimum Gasteiger partial charge on any atom is -0.468 e. The molecule has 1 saturated heterocycles. The lowest BCUT2D eigenvalue weighted by Crippen LogP contribution is -2.31. The van der Waals surface area contributed by atoms with E-state index in [9.17, 15) is 0 Å². The minimum absolute atomic E-state index is 0.264. The largest absolute Gasteiger partial charge is 0.468 e. The summed E-state index contributed by atoms with van der Waals surface area (Å²) in [6.45, 7) is 4.23. The van der Waals surface area contributed by atoms with Crippen LogP contribution in [-0.2, 0) is 6.54 Å². The van der Waals surface area contributed by atoms with Gasteiger partial charge in [0, 0.05) is 6.04 Å². The van der Waals surface area contributed by atoms with Gasteiger partial charge < -0.3 is 9.52 Å². The van der Waals surface area contributed by atoms with Gasteiger partial charge in [0.15, 0.2) is 0 Å². The van der Waals surface area contributed by atoms with E-state index >= 15 is 0 Å². The highest BCUT2D eigenvalue weighted by Crippen LogP contribution is 2.21. The number of aryl methyl sites for hydroxylation is 1. The van der Waals surface area contributed by atoms with Crippen LogP contribution in [0.2, 0.25) is 0 Å². The first-order chi connectivity index (χ1) is 6.81. The van der Waals surface area contributed by atoms with Crippen LogP contribution in [0.15, 0.2) is 16.7 Å². The number of nitrogens with zero attached hydrogens (tertiary/aromatic N) is 1. The zero-order chi connectivity index (χ0) is 9.97. The predicted octanol–water partition coefficient (Wildman–Crippen LogP) is 1.54. The molecule has 2 rings (SSSR count). The third kappa shape index (κ3) is 1.83. The second kappa shape index (κ2) is 4.15. The Bertz CT molecular complexity index is 295. The minimum atomic E-state index is 0.264. The molecule has 0 unspecified atom stereocenters. The van der Waals surface area contributed by atoms with E-state index in [-0.39, 0.29) is 6.61 Å². The average molecular weight is 195 g/mol. The number of rotatable bonds is 3. The van der Waals surface area contributed by atoms with Crippen LogP contribution in [0.25, 0.3) is 0 Å². The Kier molecular flexibility index (Phi) is 2.89. The molecule has 1 aliphatic rings. The summed E-state index contributed by atoms with van der Waals surface area (Å²) in [6, 6.07) is 2.32. The van der Waals surface area contributed by atoms with Crippen molar-refractivity contribution in [2.45, 2.75) is 32.4 Å². The first-order valence-corrected chi connectivity index (χ1v) is 5.19. The molecule has 3 heteroatoms. The van der Waals surface area contributed by atoms with Gasteiger partial charge in [0.05, 0.1) is 19.4 Å². The summed E-state index contributed by atoms with van der Waals surface area (Å²) in [7, 11) is 0. The van der Waals surface area contributed by atoms with E-state index < -0.39 is 0 Å². The summed E-state index contributed by atoms with van der Waals surface area (Å²) >= 11 is 0. The number of furan rings is 1. The normalized spacial score (nSPS) is 23.1. The molecule has 0 aromatic carbocycles. The van der Waals surface area contributed by atoms with E-state index in [1.165, 1.54) is 12.0 Å². The summed E-state index contributed by atoms with van der Waals surface area (Å²) in [5.74, 6) is 1.03. The van der Waals surface area contributed by atoms with Gasteiger partial charge in [-0.2, -0.15) is 0 Å². The van der Waals surface area contributed by atoms with E-state index in [2.05, 4.69) is 11.8 Å². The Labute approximate surface area is 84.3 Å². The SMILES string of the molecule is Cc1ccoc1CN1CCC[C@H]1CO. The van der Waals surface area contributed by atoms with Gasteiger partial charge in [-0.25, -0.2) is 0 Å². The Morgan fingerprint density at radius 3 is 3.14 bits per heavy atom. The van der Waals surface area contributed by atoms with Gasteiger partial charge in [-0.1, -0.05) is 0 Å². The van der Waals surface area contributed by atoms with Crippen LogP contribution in [0.5, 0.6) is 0 Å². The Morgan fingerprint density at radius 2 is 2.50 bits per heavy atom. The van der Waals surface area contributed by atoms with Crippen LogP contribution < -0.4 is 0 Å². The van der Waals surface area contributed by atoms with Gasteiger partial charge in [-0.15, -0.1) is 0 Å². The molecule has 1 aromatic heterocycles. The Balaban J connectivity index is 2.00. The summed E-state index contributed by atoms with van der Waals surface area (Å²) in [6.07, 6.45) is 4.02. The lowest BCUT2D eigenvalue weighted by Gasteiger charge is -2.21. The average Bonchev–Trinajstić information content (AvgIpc) is 2.77. The van der Waals surface area contributed by atoms with Crippen molar-refractivity contribution < 1.29 is 9.52 Å². The van der Waals surface area contributed by atoms with Crippen molar-refractivity contribution in [2.75, 3.05) is 13.2 Å². The molecule has 0 spiro atoms. The van der Waals surface area contributed by atoms with Crippen LogP contribution in [0.1, 0.15) is 24.2 Å². The fourth-order valence-electron chi connectivity index (χ4n) is 2.06. The van der Waals surface area contributed by atoms with E-state index in [1.807, 2.05) is 6.07 Å². The van der Waals surface area contributed by atoms with Crippen molar-refractivity contribution in [3.63, 3.8) is 0 Å². The molecule has 1 atom stereocenters. The van der Waals surface area contributed by atoms with Crippen LogP contribution >= 0.6 is 0 Å². The number of likely N-dealkylation sites (tertiary alicyclic amines) is 1. The molecular formula is C11H17NO2. The van der Waals surface area contributed by atoms with Crippen molar-refractivity contribution >= 4 is 0 Å². The third-order valence-corrected chi connectivity index (χ3v) is 3.02. The van der Waals surface area contributed by atoms with E-state index in [1.54, 1.807) is 6.26 Å². The van der Waals surface area contributed by atoms with Gasteiger partial charge >= 0.3 is 0 Å². The molecular weight excluding hydrogens is 178 g/mol. The summed E-state index contributed by atoms with van der Waals surface area (Å²) in [4.78, 5) is 2.30. The van der Waals surface area contributed by atoms with Crippen molar-refractivity contribution in [3.05, 3.63) is 23.7 Å². The van der Waals surface area contributed by atoms with Gasteiger partial charge in [0.2, 0.25) is 0 Å². The fourth-order valence-corrected chi connectivity index (χ4v) is 2.06. The van der Waals surface area contributed by atoms with Crippen molar-refractivity contribution in [1.29, 1.82) is 0 Å². The van der Waals surface area contributed by atoms with Gasteiger partial charge in [-0.3, -0.25) is 4.90 Å². The van der Waals surface area contributed by atoms with Crippen molar-refractivity contribution in [1.82, 2.24) is 4.90 Å². The molecule has 2 heterocycles. The molecule has 78 valence electrons. The van der Waals surface area contributed by atoms with Crippen LogP contribution in [0, 0.1) is 6.92 Å². The molecule has 0 aliphatic carbocycles. The predicted molar refractivity (Wildman–Crippen MR) is 54.0 cm³/mol. The van der Waals surface area contributed by atoms with Gasteiger partial charge in [0.1, 0.15) is 5.76 Å². The standard InChI is InChI=1S/C11H17NO2/c1-9-4-6-14-11(9)7-12-5-2-3-10(12)8-13/h4,6,10,13H,2-3,5,7-8H2,1H3/t10-/m0/s1. The molecule has 0 amide bonds. The molecule has 1 fully saturated rings. The number of hydrogen-bond donors (Lipinski definition) is 1. The highest BCUT2D eigenvalue weighted by atomic mass is 16.3. The van der Waals surface area contributed by atoms with Crippen LogP contribution in [0.4, 0.5) is 0 Å². The van der Waals surface area contributed by atoms with E-state index in [4.69, 9.17) is 9.52 Å². The Hall–Kier alpha value is -0.800. The topological polar surface area (TPSA) is 36.6 Å². The highest BCUT2D eigenvalue weighted by Gasteiger charge is 2.24. The van der Waals surface area contributed by atoms with Gasteiger partial charge in [0.25, 0.3) is 0 Å². The molecule has 14 heavy (non-hydrogen) atoms. The maximum atomic E-state index is 9.16. The monoisotopic (exact) mass is 195 g/mol. The van der Waals surface area contributed by atoms with E-state index in [0.29, 0.717) is 6.04 Å². The zero-order valence-electron chi connectivity index (χ0n) is 8.57. The quantitative estimate of drug-likeness (QED) is 0.795. The smallest absolute Gasteiger partial charge is 0.120 e. The van der Waals surface area contributed by atoms with Crippen LogP contribution in [-0.4, -0.2) is 29.2 Å². The second-order valence-electron chi connectivity index (χ2n) is 3.98. The third-order valence-electron chi connectivity index (χ3n) is 3.02.